The molecule has 2 aromatic heterocycles. The van der Waals surface area contributed by atoms with Crippen LogP contribution in [0.3, 0.4) is 0 Å². The molecule has 2 aliphatic carbocycles. The Hall–Kier alpha value is -4.99. The maximum absolute atomic E-state index is 13.8. The maximum atomic E-state index is 13.8. The lowest BCUT2D eigenvalue weighted by Gasteiger charge is -2.40. The number of hydrogen-bond acceptors (Lipinski definition) is 6. The van der Waals surface area contributed by atoms with Crippen molar-refractivity contribution in [3.8, 4) is 17.1 Å². The van der Waals surface area contributed by atoms with Gasteiger partial charge in [0.25, 0.3) is 5.91 Å². The van der Waals surface area contributed by atoms with Crippen LogP contribution < -0.4 is 15.4 Å². The number of nitrogens with zero attached hydrogens (tertiary/aromatic N) is 2. The van der Waals surface area contributed by atoms with Gasteiger partial charge < -0.3 is 24.7 Å². The van der Waals surface area contributed by atoms with Crippen LogP contribution >= 0.6 is 0 Å². The summed E-state index contributed by atoms with van der Waals surface area (Å²) >= 11 is 0. The second-order valence-corrected chi connectivity index (χ2v) is 12.6. The third kappa shape index (κ3) is 6.56. The summed E-state index contributed by atoms with van der Waals surface area (Å²) in [6.45, 7) is 4.27. The third-order valence-electron chi connectivity index (χ3n) is 9.59. The zero-order valence-corrected chi connectivity index (χ0v) is 27.6. The van der Waals surface area contributed by atoms with Gasteiger partial charge in [0.05, 0.1) is 31.3 Å². The van der Waals surface area contributed by atoms with Gasteiger partial charge in [-0.25, -0.2) is 9.18 Å². The van der Waals surface area contributed by atoms with Crippen LogP contribution in [0.15, 0.2) is 60.8 Å². The number of aromatic nitrogens is 2. The molecule has 0 atom stereocenters. The van der Waals surface area contributed by atoms with Gasteiger partial charge in [0.15, 0.2) is 0 Å². The molecule has 48 heavy (non-hydrogen) atoms. The van der Waals surface area contributed by atoms with E-state index in [2.05, 4.69) is 24.9 Å². The first-order valence-electron chi connectivity index (χ1n) is 16.7. The lowest BCUT2D eigenvalue weighted by atomic mass is 9.75. The Morgan fingerprint density at radius 1 is 1.04 bits per heavy atom. The topological polar surface area (TPSA) is 112 Å². The molecule has 2 saturated carbocycles. The van der Waals surface area contributed by atoms with Gasteiger partial charge in [-0.1, -0.05) is 19.3 Å². The number of methoxy groups -OCH3 is 1. The molecular weight excluding hydrogens is 611 g/mol. The minimum absolute atomic E-state index is 0.291. The largest absolute Gasteiger partial charge is 0.493 e. The van der Waals surface area contributed by atoms with E-state index in [-0.39, 0.29) is 17.6 Å². The molecule has 0 aliphatic heterocycles. The first-order valence-corrected chi connectivity index (χ1v) is 16.7. The summed E-state index contributed by atoms with van der Waals surface area (Å²) in [5, 5.41) is 6.96. The first kappa shape index (κ1) is 32.9. The number of hydrogen-bond donors (Lipinski definition) is 2. The number of ether oxygens (including phenoxy) is 2. The van der Waals surface area contributed by atoms with Crippen LogP contribution in [0, 0.1) is 12.7 Å². The number of fused-ring (bicyclic) bond motifs is 1. The van der Waals surface area contributed by atoms with Crippen molar-refractivity contribution in [3.63, 3.8) is 0 Å². The van der Waals surface area contributed by atoms with Crippen LogP contribution in [0.4, 0.5) is 10.1 Å². The fourth-order valence-electron chi connectivity index (χ4n) is 6.90. The van der Waals surface area contributed by atoms with Crippen molar-refractivity contribution in [2.45, 2.75) is 76.8 Å². The predicted molar refractivity (Wildman–Crippen MR) is 183 cm³/mol. The highest BCUT2D eigenvalue weighted by molar-refractivity contribution is 6.06. The van der Waals surface area contributed by atoms with Gasteiger partial charge in [-0.3, -0.25) is 14.6 Å². The van der Waals surface area contributed by atoms with Crippen molar-refractivity contribution in [2.24, 2.45) is 0 Å². The predicted octanol–water partition coefficient (Wildman–Crippen LogP) is 7.53. The van der Waals surface area contributed by atoms with E-state index in [1.165, 1.54) is 31.9 Å². The fourth-order valence-corrected chi connectivity index (χ4v) is 6.90. The minimum Gasteiger partial charge on any atom is -0.493 e. The van der Waals surface area contributed by atoms with Crippen LogP contribution in [-0.2, 0) is 14.3 Å². The Labute approximate surface area is 279 Å². The molecule has 0 bridgehead atoms. The second kappa shape index (κ2) is 14.0. The van der Waals surface area contributed by atoms with E-state index in [0.717, 1.165) is 54.3 Å². The number of anilines is 1. The highest BCUT2D eigenvalue weighted by Crippen LogP contribution is 2.41. The smallest absolute Gasteiger partial charge is 0.330 e. The summed E-state index contributed by atoms with van der Waals surface area (Å²) in [7, 11) is 1.31. The molecule has 2 aliphatic rings. The number of carbonyl (C=O) groups is 3. The van der Waals surface area contributed by atoms with Gasteiger partial charge in [-0.2, -0.15) is 0 Å². The summed E-state index contributed by atoms with van der Waals surface area (Å²) in [5.74, 6) is -0.992. The number of rotatable bonds is 10. The highest BCUT2D eigenvalue weighted by Gasteiger charge is 2.45. The highest BCUT2D eigenvalue weighted by atomic mass is 19.1. The van der Waals surface area contributed by atoms with Crippen molar-refractivity contribution >= 4 is 40.4 Å². The molecule has 0 saturated heterocycles. The molecule has 9 nitrogen and oxygen atoms in total. The van der Waals surface area contributed by atoms with E-state index in [4.69, 9.17) is 4.74 Å². The van der Waals surface area contributed by atoms with Crippen molar-refractivity contribution < 1.29 is 28.2 Å². The van der Waals surface area contributed by atoms with Crippen LogP contribution in [0.1, 0.15) is 85.8 Å². The molecule has 4 aromatic rings. The van der Waals surface area contributed by atoms with Crippen LogP contribution in [0.2, 0.25) is 0 Å². The van der Waals surface area contributed by atoms with Gasteiger partial charge in [0.1, 0.15) is 17.1 Å². The standard InChI is InChI=1S/C38H41FN4O5/c1-4-48-33-22-28(15-11-25(33)13-18-34(44)47-3)41-37(46)38(19-8-20-38)42-36(45)26-12-17-32-30(21-26)24(2)35(31-16-14-27(39)23-40-31)43(32)29-9-6-5-7-10-29/h11-18,21-23,29H,4-10,19-20H2,1-3H3,(H,41,46)(H,42,45)/b18-13+. The number of benzene rings is 2. The van der Waals surface area contributed by atoms with Crippen molar-refractivity contribution in [2.75, 3.05) is 19.0 Å². The normalized spacial score (nSPS) is 16.0. The lowest BCUT2D eigenvalue weighted by molar-refractivity contribution is -0.134. The average Bonchev–Trinajstić information content (AvgIpc) is 3.37. The van der Waals surface area contributed by atoms with Crippen molar-refractivity contribution in [3.05, 3.63) is 83.3 Å². The number of carbonyl (C=O) groups excluding carboxylic acids is 3. The Kier molecular flexibility index (Phi) is 9.61. The number of amides is 2. The van der Waals surface area contributed by atoms with Gasteiger partial charge >= 0.3 is 5.97 Å². The van der Waals surface area contributed by atoms with Crippen molar-refractivity contribution in [1.29, 1.82) is 0 Å². The SMILES string of the molecule is CCOc1cc(NC(=O)C2(NC(=O)c3ccc4c(c3)c(C)c(-c3ccc(F)cn3)n4C3CCCCC3)CCC2)ccc1/C=C/C(=O)OC. The summed E-state index contributed by atoms with van der Waals surface area (Å²) in [4.78, 5) is 43.5. The van der Waals surface area contributed by atoms with E-state index >= 15 is 0 Å². The maximum Gasteiger partial charge on any atom is 0.330 e. The van der Waals surface area contributed by atoms with Crippen LogP contribution in [0.5, 0.6) is 5.75 Å². The molecule has 2 amide bonds. The molecule has 10 heteroatoms. The van der Waals surface area contributed by atoms with Crippen molar-refractivity contribution in [1.82, 2.24) is 14.9 Å². The minimum atomic E-state index is -1.05. The van der Waals surface area contributed by atoms with Crippen LogP contribution in [0.25, 0.3) is 28.4 Å². The molecule has 2 heterocycles. The molecular formula is C38H41FN4O5. The Morgan fingerprint density at radius 3 is 2.50 bits per heavy atom. The van der Waals surface area contributed by atoms with E-state index in [9.17, 15) is 18.8 Å². The summed E-state index contributed by atoms with van der Waals surface area (Å²) in [6.07, 6.45) is 11.6. The fraction of sp³-hybridized carbons (Fsp3) is 0.368. The third-order valence-corrected chi connectivity index (χ3v) is 9.59. The van der Waals surface area contributed by atoms with Crippen LogP contribution in [-0.4, -0.2) is 46.6 Å². The monoisotopic (exact) mass is 652 g/mol. The number of halogens is 1. The molecule has 0 spiro atoms. The Balaban J connectivity index is 1.26. The molecule has 2 N–H and O–H groups in total. The van der Waals surface area contributed by atoms with Gasteiger partial charge in [0, 0.05) is 45.9 Å². The van der Waals surface area contributed by atoms with E-state index in [1.54, 1.807) is 30.3 Å². The average molecular weight is 653 g/mol. The van der Waals surface area contributed by atoms with E-state index in [1.807, 2.05) is 32.0 Å². The number of esters is 1. The first-order chi connectivity index (χ1) is 23.2. The molecule has 6 rings (SSSR count). The Morgan fingerprint density at radius 2 is 1.83 bits per heavy atom. The molecule has 2 fully saturated rings. The molecule has 0 unspecified atom stereocenters. The second-order valence-electron chi connectivity index (χ2n) is 12.6. The Bertz CT molecular complexity index is 1870. The zero-order valence-electron chi connectivity index (χ0n) is 27.6. The van der Waals surface area contributed by atoms with E-state index in [0.29, 0.717) is 53.7 Å². The summed E-state index contributed by atoms with van der Waals surface area (Å²) in [5.41, 5.74) is 4.24. The summed E-state index contributed by atoms with van der Waals surface area (Å²) < 4.78 is 26.6. The molecule has 2 aromatic carbocycles. The molecule has 250 valence electrons. The lowest BCUT2D eigenvalue weighted by Crippen LogP contribution is -2.61. The number of aryl methyl sites for hydroxylation is 1. The van der Waals surface area contributed by atoms with Gasteiger partial charge in [-0.15, -0.1) is 0 Å². The van der Waals surface area contributed by atoms with Gasteiger partial charge in [0.2, 0.25) is 5.91 Å². The number of pyridine rings is 1. The van der Waals surface area contributed by atoms with Gasteiger partial charge in [-0.05, 0) is 100 Å². The van der Waals surface area contributed by atoms with E-state index < -0.39 is 11.5 Å². The quantitative estimate of drug-likeness (QED) is 0.135. The number of nitrogens with one attached hydrogen (secondary N) is 2. The molecule has 0 radical (unpaired) electrons. The zero-order chi connectivity index (χ0) is 33.8. The summed E-state index contributed by atoms with van der Waals surface area (Å²) in [6, 6.07) is 14.3.